The lowest BCUT2D eigenvalue weighted by molar-refractivity contribution is 0.119. The van der Waals surface area contributed by atoms with Gasteiger partial charge in [0, 0.05) is 12.6 Å². The van der Waals surface area contributed by atoms with Crippen molar-refractivity contribution in [2.24, 2.45) is 11.5 Å². The molecule has 0 radical (unpaired) electrons. The van der Waals surface area contributed by atoms with E-state index in [-0.39, 0.29) is 12.1 Å². The highest BCUT2D eigenvalue weighted by molar-refractivity contribution is 4.71. The highest BCUT2D eigenvalue weighted by Gasteiger charge is 2.07. The summed E-state index contributed by atoms with van der Waals surface area (Å²) in [6.45, 7) is 2.13. The summed E-state index contributed by atoms with van der Waals surface area (Å²) in [5.74, 6) is 0. The van der Waals surface area contributed by atoms with E-state index in [1.807, 2.05) is 5.48 Å². The maximum absolute atomic E-state index is 8.29. The van der Waals surface area contributed by atoms with Crippen LogP contribution in [0.1, 0.15) is 6.92 Å². The third kappa shape index (κ3) is 2.23. The molecule has 0 aromatic heterocycles. The van der Waals surface area contributed by atoms with Gasteiger partial charge in [-0.3, -0.25) is 0 Å². The summed E-state index contributed by atoms with van der Waals surface area (Å²) in [5.41, 5.74) is 12.5. The molecule has 0 rings (SSSR count). The molecule has 4 heteroatoms. The third-order valence-corrected chi connectivity index (χ3v) is 1.05. The lowest BCUT2D eigenvalue weighted by atomic mass is 10.2. The van der Waals surface area contributed by atoms with Gasteiger partial charge in [0.05, 0.1) is 6.04 Å². The summed E-state index contributed by atoms with van der Waals surface area (Å²) in [7, 11) is 0. The van der Waals surface area contributed by atoms with Gasteiger partial charge in [-0.15, -0.1) is 0 Å². The van der Waals surface area contributed by atoms with Gasteiger partial charge in [-0.05, 0) is 6.92 Å². The summed E-state index contributed by atoms with van der Waals surface area (Å²) < 4.78 is 0. The van der Waals surface area contributed by atoms with Gasteiger partial charge >= 0.3 is 0 Å². The van der Waals surface area contributed by atoms with Crippen LogP contribution in [0.5, 0.6) is 0 Å². The van der Waals surface area contributed by atoms with Gasteiger partial charge in [0.2, 0.25) is 0 Å². The maximum Gasteiger partial charge on any atom is 0.0590 e. The first kappa shape index (κ1) is 7.84. The molecule has 0 fully saturated rings. The molecular formula is C4H13N3O. The number of hydrogen-bond acceptors (Lipinski definition) is 4. The van der Waals surface area contributed by atoms with Gasteiger partial charge in [-0.1, -0.05) is 0 Å². The van der Waals surface area contributed by atoms with Crippen LogP contribution in [-0.4, -0.2) is 23.8 Å². The van der Waals surface area contributed by atoms with Crippen LogP contribution < -0.4 is 16.9 Å². The van der Waals surface area contributed by atoms with Crippen molar-refractivity contribution in [3.8, 4) is 0 Å². The average molecular weight is 119 g/mol. The highest BCUT2D eigenvalue weighted by Crippen LogP contribution is 1.82. The van der Waals surface area contributed by atoms with Crippen LogP contribution in [0, 0.1) is 0 Å². The van der Waals surface area contributed by atoms with Crippen molar-refractivity contribution in [1.82, 2.24) is 5.48 Å². The van der Waals surface area contributed by atoms with Crippen LogP contribution in [-0.2, 0) is 0 Å². The molecule has 6 N–H and O–H groups in total. The van der Waals surface area contributed by atoms with Gasteiger partial charge < -0.3 is 16.7 Å². The minimum atomic E-state index is -0.185. The normalized spacial score (nSPS) is 18.0. The fraction of sp³-hybridized carbons (Fsp3) is 1.00. The van der Waals surface area contributed by atoms with E-state index in [4.69, 9.17) is 16.7 Å². The van der Waals surface area contributed by atoms with E-state index < -0.39 is 0 Å². The predicted molar refractivity (Wildman–Crippen MR) is 31.4 cm³/mol. The molecule has 0 aliphatic heterocycles. The van der Waals surface area contributed by atoms with Crippen molar-refractivity contribution in [3.05, 3.63) is 0 Å². The molecule has 0 spiro atoms. The summed E-state index contributed by atoms with van der Waals surface area (Å²) in [6.07, 6.45) is 0. The van der Waals surface area contributed by atoms with Gasteiger partial charge in [-0.2, -0.15) is 5.48 Å². The molecule has 0 aliphatic rings. The van der Waals surface area contributed by atoms with Gasteiger partial charge in [-0.25, -0.2) is 0 Å². The van der Waals surface area contributed by atoms with Crippen LogP contribution in [0.15, 0.2) is 0 Å². The SMILES string of the molecule is CC(N)C(CN)NO. The fourth-order valence-corrected chi connectivity index (χ4v) is 0.385. The Balaban J connectivity index is 3.35. The molecule has 2 unspecified atom stereocenters. The largest absolute Gasteiger partial charge is 0.329 e. The zero-order valence-corrected chi connectivity index (χ0v) is 4.96. The van der Waals surface area contributed by atoms with E-state index in [0.29, 0.717) is 6.54 Å². The van der Waals surface area contributed by atoms with E-state index in [1.54, 1.807) is 6.92 Å². The Morgan fingerprint density at radius 3 is 2.25 bits per heavy atom. The minimum Gasteiger partial charge on any atom is -0.329 e. The Hall–Kier alpha value is -0.160. The van der Waals surface area contributed by atoms with Crippen LogP contribution >= 0.6 is 0 Å². The molecule has 50 valence electrons. The quantitative estimate of drug-likeness (QED) is 0.346. The van der Waals surface area contributed by atoms with Crippen molar-refractivity contribution in [2.45, 2.75) is 19.0 Å². The predicted octanol–water partition coefficient (Wildman–Crippen LogP) is -1.36. The third-order valence-electron chi connectivity index (χ3n) is 1.05. The fourth-order valence-electron chi connectivity index (χ4n) is 0.385. The molecular weight excluding hydrogens is 106 g/mol. The number of hydroxylamine groups is 1. The summed E-state index contributed by atoms with van der Waals surface area (Å²) >= 11 is 0. The lowest BCUT2D eigenvalue weighted by Crippen LogP contribution is -2.46. The Labute approximate surface area is 48.8 Å². The van der Waals surface area contributed by atoms with Gasteiger partial charge in [0.15, 0.2) is 0 Å². The average Bonchev–Trinajstić information content (AvgIpc) is 1.69. The zero-order valence-electron chi connectivity index (χ0n) is 4.96. The number of nitrogens with two attached hydrogens (primary N) is 2. The molecule has 0 saturated heterocycles. The van der Waals surface area contributed by atoms with E-state index in [0.717, 1.165) is 0 Å². The van der Waals surface area contributed by atoms with Crippen LogP contribution in [0.3, 0.4) is 0 Å². The Kier molecular flexibility index (Phi) is 3.72. The molecule has 0 bridgehead atoms. The number of rotatable bonds is 3. The van der Waals surface area contributed by atoms with Crippen molar-refractivity contribution >= 4 is 0 Å². The standard InChI is InChI=1S/C4H13N3O/c1-3(6)4(2-5)7-8/h3-4,7-8H,2,5-6H2,1H3. The molecule has 0 saturated carbocycles. The first-order valence-electron chi connectivity index (χ1n) is 2.57. The van der Waals surface area contributed by atoms with E-state index in [1.165, 1.54) is 0 Å². The molecule has 0 heterocycles. The second-order valence-corrected chi connectivity index (χ2v) is 1.83. The maximum atomic E-state index is 8.29. The summed E-state index contributed by atoms with van der Waals surface area (Å²) in [6, 6.07) is -0.292. The Morgan fingerprint density at radius 1 is 1.75 bits per heavy atom. The first-order chi connectivity index (χ1) is 3.72. The second-order valence-electron chi connectivity index (χ2n) is 1.83. The van der Waals surface area contributed by atoms with Crippen LogP contribution in [0.25, 0.3) is 0 Å². The van der Waals surface area contributed by atoms with Gasteiger partial charge in [0.25, 0.3) is 0 Å². The highest BCUT2D eigenvalue weighted by atomic mass is 16.5. The van der Waals surface area contributed by atoms with E-state index in [9.17, 15) is 0 Å². The molecule has 0 aromatic rings. The van der Waals surface area contributed by atoms with Gasteiger partial charge in [0.1, 0.15) is 0 Å². The van der Waals surface area contributed by atoms with Crippen LogP contribution in [0.2, 0.25) is 0 Å². The second kappa shape index (κ2) is 3.80. The summed E-state index contributed by atoms with van der Waals surface area (Å²) in [4.78, 5) is 0. The van der Waals surface area contributed by atoms with Crippen molar-refractivity contribution in [3.63, 3.8) is 0 Å². The van der Waals surface area contributed by atoms with Crippen molar-refractivity contribution < 1.29 is 5.21 Å². The first-order valence-corrected chi connectivity index (χ1v) is 2.57. The van der Waals surface area contributed by atoms with E-state index in [2.05, 4.69) is 0 Å². The topological polar surface area (TPSA) is 84.3 Å². The monoisotopic (exact) mass is 119 g/mol. The van der Waals surface area contributed by atoms with Crippen molar-refractivity contribution in [2.75, 3.05) is 6.54 Å². The summed E-state index contributed by atoms with van der Waals surface area (Å²) in [5, 5.41) is 8.29. The van der Waals surface area contributed by atoms with Crippen LogP contribution in [0.4, 0.5) is 0 Å². The molecule has 2 atom stereocenters. The minimum absolute atomic E-state index is 0.106. The molecule has 8 heavy (non-hydrogen) atoms. The molecule has 0 aliphatic carbocycles. The molecule has 4 nitrogen and oxygen atoms in total. The van der Waals surface area contributed by atoms with E-state index >= 15 is 0 Å². The number of nitrogens with one attached hydrogen (secondary N) is 1. The zero-order chi connectivity index (χ0) is 6.57. The van der Waals surface area contributed by atoms with Crippen molar-refractivity contribution in [1.29, 1.82) is 0 Å². The molecule has 0 amide bonds. The number of hydrogen-bond donors (Lipinski definition) is 4. The lowest BCUT2D eigenvalue weighted by Gasteiger charge is -2.15. The molecule has 0 aromatic carbocycles. The Bertz CT molecular complexity index is 53.2. The Morgan fingerprint density at radius 2 is 2.25 bits per heavy atom. The smallest absolute Gasteiger partial charge is 0.0590 e.